The van der Waals surface area contributed by atoms with Gasteiger partial charge in [-0.25, -0.2) is 0 Å². The lowest BCUT2D eigenvalue weighted by Gasteiger charge is -2.15. The minimum Gasteiger partial charge on any atom is -0.358 e. The third-order valence-corrected chi connectivity index (χ3v) is 3.52. The van der Waals surface area contributed by atoms with Crippen LogP contribution in [0.1, 0.15) is 23.7 Å². The van der Waals surface area contributed by atoms with E-state index >= 15 is 0 Å². The Morgan fingerprint density at radius 2 is 2.06 bits per heavy atom. The molecule has 1 aromatic carbocycles. The normalized spacial score (nSPS) is 20.7. The zero-order chi connectivity index (χ0) is 12.5. The van der Waals surface area contributed by atoms with Crippen LogP contribution in [-0.4, -0.2) is 24.0 Å². The third-order valence-electron chi connectivity index (χ3n) is 3.52. The molecule has 0 radical (unpaired) electrons. The maximum atomic E-state index is 11.7. The lowest BCUT2D eigenvalue weighted by atomic mass is 10.00. The molecular formula is C14H17N3O. The Morgan fingerprint density at radius 1 is 1.22 bits per heavy atom. The quantitative estimate of drug-likeness (QED) is 0.713. The maximum Gasteiger partial charge on any atom is 0.221 e. The van der Waals surface area contributed by atoms with Crippen molar-refractivity contribution >= 4 is 16.8 Å². The van der Waals surface area contributed by atoms with Gasteiger partial charge in [0.2, 0.25) is 5.91 Å². The van der Waals surface area contributed by atoms with Crippen LogP contribution in [0, 0.1) is 6.92 Å². The van der Waals surface area contributed by atoms with E-state index in [0.717, 1.165) is 17.8 Å². The molecule has 0 saturated carbocycles. The smallest absolute Gasteiger partial charge is 0.221 e. The number of hydrogen-bond donors (Lipinski definition) is 3. The summed E-state index contributed by atoms with van der Waals surface area (Å²) in [6.07, 6.45) is 0.503. The van der Waals surface area contributed by atoms with Crippen molar-refractivity contribution in [3.8, 4) is 0 Å². The van der Waals surface area contributed by atoms with Crippen molar-refractivity contribution in [2.45, 2.75) is 19.4 Å². The van der Waals surface area contributed by atoms with Gasteiger partial charge in [-0.1, -0.05) is 18.2 Å². The summed E-state index contributed by atoms with van der Waals surface area (Å²) in [6.45, 7) is 3.59. The number of H-pyrrole nitrogens is 1. The zero-order valence-electron chi connectivity index (χ0n) is 10.4. The second kappa shape index (κ2) is 4.46. The fourth-order valence-electron chi connectivity index (χ4n) is 2.73. The number of aryl methyl sites for hydroxylation is 1. The van der Waals surface area contributed by atoms with Crippen molar-refractivity contribution in [2.24, 2.45) is 0 Å². The van der Waals surface area contributed by atoms with E-state index in [1.807, 2.05) is 12.1 Å². The molecule has 0 bridgehead atoms. The molecule has 18 heavy (non-hydrogen) atoms. The Kier molecular flexibility index (Phi) is 2.80. The lowest BCUT2D eigenvalue weighted by molar-refractivity contribution is -0.121. The molecule has 4 heteroatoms. The Labute approximate surface area is 106 Å². The van der Waals surface area contributed by atoms with Gasteiger partial charge in [-0.2, -0.15) is 0 Å². The Balaban J connectivity index is 2.07. The van der Waals surface area contributed by atoms with E-state index in [2.05, 4.69) is 34.7 Å². The van der Waals surface area contributed by atoms with Crippen LogP contribution < -0.4 is 10.6 Å². The van der Waals surface area contributed by atoms with Crippen LogP contribution in [-0.2, 0) is 4.79 Å². The van der Waals surface area contributed by atoms with E-state index in [-0.39, 0.29) is 11.9 Å². The third kappa shape index (κ3) is 1.88. The molecular weight excluding hydrogens is 226 g/mol. The maximum absolute atomic E-state index is 11.7. The Bertz CT molecular complexity index is 588. The summed E-state index contributed by atoms with van der Waals surface area (Å²) < 4.78 is 0. The van der Waals surface area contributed by atoms with Crippen molar-refractivity contribution in [3.05, 3.63) is 35.5 Å². The van der Waals surface area contributed by atoms with Crippen molar-refractivity contribution in [3.63, 3.8) is 0 Å². The van der Waals surface area contributed by atoms with Crippen LogP contribution in [0.15, 0.2) is 24.3 Å². The van der Waals surface area contributed by atoms with Crippen molar-refractivity contribution in [1.29, 1.82) is 0 Å². The van der Waals surface area contributed by atoms with Gasteiger partial charge in [0.05, 0.1) is 0 Å². The molecule has 1 fully saturated rings. The number of aromatic nitrogens is 1. The van der Waals surface area contributed by atoms with Gasteiger partial charge in [-0.15, -0.1) is 0 Å². The molecule has 1 aromatic heterocycles. The molecule has 1 amide bonds. The predicted molar refractivity (Wildman–Crippen MR) is 71.4 cm³/mol. The van der Waals surface area contributed by atoms with Crippen molar-refractivity contribution < 1.29 is 4.79 Å². The fraction of sp³-hybridized carbons (Fsp3) is 0.357. The van der Waals surface area contributed by atoms with E-state index in [9.17, 15) is 4.79 Å². The van der Waals surface area contributed by atoms with Gasteiger partial charge in [0.15, 0.2) is 0 Å². The first-order valence-electron chi connectivity index (χ1n) is 6.33. The van der Waals surface area contributed by atoms with E-state index < -0.39 is 0 Å². The first kappa shape index (κ1) is 11.3. The lowest BCUT2D eigenvalue weighted by Crippen LogP contribution is -2.24. The number of fused-ring (bicyclic) bond motifs is 1. The molecule has 0 aliphatic carbocycles. The predicted octanol–water partition coefficient (Wildman–Crippen LogP) is 1.63. The number of aromatic amines is 1. The summed E-state index contributed by atoms with van der Waals surface area (Å²) in [7, 11) is 0. The number of carbonyl (C=O) groups is 1. The van der Waals surface area contributed by atoms with E-state index in [1.54, 1.807) is 0 Å². The molecule has 1 unspecified atom stereocenters. The first-order chi connectivity index (χ1) is 8.75. The van der Waals surface area contributed by atoms with Crippen LogP contribution in [0.2, 0.25) is 0 Å². The summed E-state index contributed by atoms with van der Waals surface area (Å²) in [5, 5.41) is 7.55. The van der Waals surface area contributed by atoms with Crippen molar-refractivity contribution in [1.82, 2.24) is 15.6 Å². The Morgan fingerprint density at radius 3 is 2.94 bits per heavy atom. The highest BCUT2D eigenvalue weighted by molar-refractivity contribution is 5.86. The summed E-state index contributed by atoms with van der Waals surface area (Å²) >= 11 is 0. The summed E-state index contributed by atoms with van der Waals surface area (Å²) in [5.41, 5.74) is 3.50. The number of nitrogens with one attached hydrogen (secondary N) is 3. The van der Waals surface area contributed by atoms with Gasteiger partial charge in [0.25, 0.3) is 0 Å². The highest BCUT2D eigenvalue weighted by atomic mass is 16.1. The fourth-order valence-corrected chi connectivity index (χ4v) is 2.73. The van der Waals surface area contributed by atoms with Crippen LogP contribution in [0.3, 0.4) is 0 Å². The summed E-state index contributed by atoms with van der Waals surface area (Å²) in [6, 6.07) is 8.34. The molecule has 1 atom stereocenters. The minimum atomic E-state index is 0.101. The zero-order valence-corrected chi connectivity index (χ0v) is 10.4. The largest absolute Gasteiger partial charge is 0.358 e. The number of carbonyl (C=O) groups excluding carboxylic acids is 1. The van der Waals surface area contributed by atoms with Gasteiger partial charge in [0.1, 0.15) is 0 Å². The molecule has 2 heterocycles. The monoisotopic (exact) mass is 243 g/mol. The minimum absolute atomic E-state index is 0.101. The van der Waals surface area contributed by atoms with Crippen LogP contribution >= 0.6 is 0 Å². The van der Waals surface area contributed by atoms with Gasteiger partial charge < -0.3 is 15.6 Å². The van der Waals surface area contributed by atoms with E-state index in [0.29, 0.717) is 13.0 Å². The highest BCUT2D eigenvalue weighted by Crippen LogP contribution is 2.29. The topological polar surface area (TPSA) is 56.9 Å². The first-order valence-corrected chi connectivity index (χ1v) is 6.33. The number of benzene rings is 1. The molecule has 4 nitrogen and oxygen atoms in total. The summed E-state index contributed by atoms with van der Waals surface area (Å²) in [5.74, 6) is 0.120. The molecule has 1 aliphatic heterocycles. The number of para-hydroxylation sites is 1. The molecule has 3 rings (SSSR count). The molecule has 1 aliphatic rings. The Hall–Kier alpha value is -1.81. The average molecular weight is 243 g/mol. The second-order valence-corrected chi connectivity index (χ2v) is 4.77. The van der Waals surface area contributed by atoms with Gasteiger partial charge in [-0.05, 0) is 18.6 Å². The highest BCUT2D eigenvalue weighted by Gasteiger charge is 2.22. The molecule has 3 N–H and O–H groups in total. The second-order valence-electron chi connectivity index (χ2n) is 4.77. The van der Waals surface area contributed by atoms with Gasteiger partial charge >= 0.3 is 0 Å². The number of rotatable bonds is 1. The van der Waals surface area contributed by atoms with Crippen LogP contribution in [0.4, 0.5) is 0 Å². The molecule has 0 spiro atoms. The summed E-state index contributed by atoms with van der Waals surface area (Å²) in [4.78, 5) is 15.1. The number of amides is 1. The molecule has 1 saturated heterocycles. The standard InChI is InChI=1S/C14H17N3O/c1-9-14(10-4-2-3-5-11(10)17-9)12-8-13(18)16-7-6-15-12/h2-5,12,15,17H,6-8H2,1H3,(H,16,18). The van der Waals surface area contributed by atoms with E-state index in [4.69, 9.17) is 0 Å². The SMILES string of the molecule is Cc1[nH]c2ccccc2c1C1CC(=O)NCCN1. The van der Waals surface area contributed by atoms with Crippen LogP contribution in [0.5, 0.6) is 0 Å². The van der Waals surface area contributed by atoms with Gasteiger partial charge in [-0.3, -0.25) is 4.79 Å². The van der Waals surface area contributed by atoms with Crippen LogP contribution in [0.25, 0.3) is 10.9 Å². The number of hydrogen-bond acceptors (Lipinski definition) is 2. The molecule has 2 aromatic rings. The van der Waals surface area contributed by atoms with Gasteiger partial charge in [0, 0.05) is 42.1 Å². The average Bonchev–Trinajstić information content (AvgIpc) is 2.53. The van der Waals surface area contributed by atoms with E-state index in [1.165, 1.54) is 10.9 Å². The molecule has 94 valence electrons. The van der Waals surface area contributed by atoms with Crippen molar-refractivity contribution in [2.75, 3.05) is 13.1 Å².